The summed E-state index contributed by atoms with van der Waals surface area (Å²) in [5.74, 6) is -4.37. The molecule has 0 heterocycles. The van der Waals surface area contributed by atoms with E-state index < -0.39 is 28.7 Å². The quantitative estimate of drug-likeness (QED) is 0.324. The molecule has 6 heteroatoms. The SMILES string of the molecule is Oc1c(O)c(O)c(Nc2ccc(-c3ccccc3)cc2)c(O)c1O. The van der Waals surface area contributed by atoms with Crippen molar-refractivity contribution in [3.05, 3.63) is 54.6 Å². The fourth-order valence-electron chi connectivity index (χ4n) is 2.32. The van der Waals surface area contributed by atoms with Gasteiger partial charge in [-0.3, -0.25) is 0 Å². The predicted molar refractivity (Wildman–Crippen MR) is 89.9 cm³/mol. The first-order chi connectivity index (χ1) is 11.5. The van der Waals surface area contributed by atoms with Crippen LogP contribution in [0.3, 0.4) is 0 Å². The zero-order valence-electron chi connectivity index (χ0n) is 12.4. The van der Waals surface area contributed by atoms with Gasteiger partial charge in [0, 0.05) is 5.69 Å². The van der Waals surface area contributed by atoms with Gasteiger partial charge in [-0.05, 0) is 23.3 Å². The van der Waals surface area contributed by atoms with Gasteiger partial charge in [0.1, 0.15) is 5.69 Å². The molecule has 0 radical (unpaired) electrons. The Bertz CT molecular complexity index is 847. The molecule has 0 saturated carbocycles. The zero-order valence-corrected chi connectivity index (χ0v) is 12.4. The van der Waals surface area contributed by atoms with E-state index in [-0.39, 0.29) is 5.69 Å². The van der Waals surface area contributed by atoms with E-state index in [1.165, 1.54) is 0 Å². The molecule has 3 rings (SSSR count). The molecule has 6 nitrogen and oxygen atoms in total. The molecule has 0 unspecified atom stereocenters. The molecule has 0 aliphatic rings. The van der Waals surface area contributed by atoms with Crippen LogP contribution < -0.4 is 5.32 Å². The molecule has 0 fully saturated rings. The normalized spacial score (nSPS) is 10.5. The van der Waals surface area contributed by atoms with Crippen molar-refractivity contribution in [3.8, 4) is 39.9 Å². The smallest absolute Gasteiger partial charge is 0.208 e. The minimum atomic E-state index is -0.991. The van der Waals surface area contributed by atoms with E-state index in [1.54, 1.807) is 12.1 Å². The monoisotopic (exact) mass is 325 g/mol. The second-order valence-electron chi connectivity index (χ2n) is 5.19. The lowest BCUT2D eigenvalue weighted by atomic mass is 10.1. The van der Waals surface area contributed by atoms with Crippen LogP contribution >= 0.6 is 0 Å². The van der Waals surface area contributed by atoms with Crippen LogP contribution in [0.1, 0.15) is 0 Å². The second kappa shape index (κ2) is 5.92. The van der Waals surface area contributed by atoms with E-state index in [2.05, 4.69) is 5.32 Å². The number of benzene rings is 3. The van der Waals surface area contributed by atoms with E-state index in [9.17, 15) is 25.5 Å². The summed E-state index contributed by atoms with van der Waals surface area (Å²) < 4.78 is 0. The highest BCUT2D eigenvalue weighted by molar-refractivity contribution is 5.82. The molecule has 0 aliphatic heterocycles. The third-order valence-electron chi connectivity index (χ3n) is 3.63. The van der Waals surface area contributed by atoms with E-state index in [1.807, 2.05) is 42.5 Å². The summed E-state index contributed by atoms with van der Waals surface area (Å²) in [4.78, 5) is 0. The van der Waals surface area contributed by atoms with Crippen molar-refractivity contribution in [3.63, 3.8) is 0 Å². The average molecular weight is 325 g/mol. The highest BCUT2D eigenvalue weighted by Gasteiger charge is 2.23. The Labute approximate surface area is 137 Å². The number of phenols is 5. The molecule has 24 heavy (non-hydrogen) atoms. The molecule has 3 aromatic carbocycles. The summed E-state index contributed by atoms with van der Waals surface area (Å²) in [7, 11) is 0. The van der Waals surface area contributed by atoms with Crippen LogP contribution in [-0.2, 0) is 0 Å². The lowest BCUT2D eigenvalue weighted by molar-refractivity contribution is 0.330. The van der Waals surface area contributed by atoms with Gasteiger partial charge in [0.05, 0.1) is 0 Å². The number of phenolic OH excluding ortho intramolecular Hbond substituents is 5. The molecular weight excluding hydrogens is 310 g/mol. The second-order valence-corrected chi connectivity index (χ2v) is 5.19. The zero-order chi connectivity index (χ0) is 17.3. The average Bonchev–Trinajstić information content (AvgIpc) is 2.63. The Kier molecular flexibility index (Phi) is 3.79. The molecular formula is C18H15NO5. The van der Waals surface area contributed by atoms with Gasteiger partial charge in [-0.25, -0.2) is 0 Å². The Morgan fingerprint density at radius 3 is 1.50 bits per heavy atom. The molecule has 3 aromatic rings. The fourth-order valence-corrected chi connectivity index (χ4v) is 2.32. The number of nitrogens with one attached hydrogen (secondary N) is 1. The van der Waals surface area contributed by atoms with Gasteiger partial charge in [0.25, 0.3) is 0 Å². The van der Waals surface area contributed by atoms with Crippen molar-refractivity contribution in [2.24, 2.45) is 0 Å². The van der Waals surface area contributed by atoms with Crippen molar-refractivity contribution in [1.82, 2.24) is 0 Å². The number of rotatable bonds is 3. The third kappa shape index (κ3) is 2.61. The maximum Gasteiger partial charge on any atom is 0.208 e. The molecule has 122 valence electrons. The number of hydrogen-bond donors (Lipinski definition) is 6. The van der Waals surface area contributed by atoms with Gasteiger partial charge in [-0.15, -0.1) is 0 Å². The number of aromatic hydroxyl groups is 5. The molecule has 0 amide bonds. The van der Waals surface area contributed by atoms with Crippen LogP contribution in [0, 0.1) is 0 Å². The van der Waals surface area contributed by atoms with Gasteiger partial charge < -0.3 is 30.8 Å². The maximum absolute atomic E-state index is 9.83. The van der Waals surface area contributed by atoms with Crippen LogP contribution in [-0.4, -0.2) is 25.5 Å². The Morgan fingerprint density at radius 2 is 0.958 bits per heavy atom. The standard InChI is InChI=1S/C18H15NO5/c20-14-13(15(21)17(23)18(24)16(14)22)19-12-8-6-11(7-9-12)10-4-2-1-3-5-10/h1-9,19-24H. The topological polar surface area (TPSA) is 113 Å². The highest BCUT2D eigenvalue weighted by atomic mass is 16.4. The van der Waals surface area contributed by atoms with E-state index in [0.717, 1.165) is 11.1 Å². The minimum absolute atomic E-state index is 0.310. The first-order valence-corrected chi connectivity index (χ1v) is 7.10. The summed E-state index contributed by atoms with van der Waals surface area (Å²) in [5, 5.41) is 50.8. The maximum atomic E-state index is 9.83. The highest BCUT2D eigenvalue weighted by Crippen LogP contribution is 2.54. The van der Waals surface area contributed by atoms with Crippen molar-refractivity contribution >= 4 is 11.4 Å². The first kappa shape index (κ1) is 15.4. The van der Waals surface area contributed by atoms with Crippen molar-refractivity contribution in [1.29, 1.82) is 0 Å². The van der Waals surface area contributed by atoms with Gasteiger partial charge in [0.15, 0.2) is 11.5 Å². The number of hydrogen-bond acceptors (Lipinski definition) is 6. The molecule has 0 atom stereocenters. The van der Waals surface area contributed by atoms with Crippen molar-refractivity contribution < 1.29 is 25.5 Å². The molecule has 0 aromatic heterocycles. The van der Waals surface area contributed by atoms with Gasteiger partial charge >= 0.3 is 0 Å². The summed E-state index contributed by atoms with van der Waals surface area (Å²) in [5.41, 5.74) is 2.21. The summed E-state index contributed by atoms with van der Waals surface area (Å²) in [6.07, 6.45) is 0. The Morgan fingerprint density at radius 1 is 0.500 bits per heavy atom. The molecule has 6 N–H and O–H groups in total. The van der Waals surface area contributed by atoms with Gasteiger partial charge in [-0.1, -0.05) is 42.5 Å². The van der Waals surface area contributed by atoms with E-state index in [4.69, 9.17) is 0 Å². The van der Waals surface area contributed by atoms with Crippen LogP contribution in [0.4, 0.5) is 11.4 Å². The minimum Gasteiger partial charge on any atom is -0.503 e. The third-order valence-corrected chi connectivity index (χ3v) is 3.63. The largest absolute Gasteiger partial charge is 0.503 e. The predicted octanol–water partition coefficient (Wildman–Crippen LogP) is 3.63. The summed E-state index contributed by atoms with van der Waals surface area (Å²) in [6, 6.07) is 16.8. The van der Waals surface area contributed by atoms with Gasteiger partial charge in [-0.2, -0.15) is 0 Å². The molecule has 0 bridgehead atoms. The van der Waals surface area contributed by atoms with Crippen molar-refractivity contribution in [2.75, 3.05) is 5.32 Å². The molecule has 0 saturated heterocycles. The fraction of sp³-hybridized carbons (Fsp3) is 0. The lowest BCUT2D eigenvalue weighted by Gasteiger charge is -2.14. The van der Waals surface area contributed by atoms with Crippen LogP contribution in [0.2, 0.25) is 0 Å². The summed E-state index contributed by atoms with van der Waals surface area (Å²) >= 11 is 0. The Balaban J connectivity index is 1.93. The number of anilines is 2. The van der Waals surface area contributed by atoms with Crippen LogP contribution in [0.15, 0.2) is 54.6 Å². The van der Waals surface area contributed by atoms with Gasteiger partial charge in [0.2, 0.25) is 17.2 Å². The van der Waals surface area contributed by atoms with Crippen LogP contribution in [0.5, 0.6) is 28.7 Å². The van der Waals surface area contributed by atoms with E-state index in [0.29, 0.717) is 5.69 Å². The first-order valence-electron chi connectivity index (χ1n) is 7.10. The van der Waals surface area contributed by atoms with E-state index >= 15 is 0 Å². The lowest BCUT2D eigenvalue weighted by Crippen LogP contribution is -1.92. The summed E-state index contributed by atoms with van der Waals surface area (Å²) in [6.45, 7) is 0. The molecule has 0 aliphatic carbocycles. The van der Waals surface area contributed by atoms with Crippen LogP contribution in [0.25, 0.3) is 11.1 Å². The molecule has 0 spiro atoms. The van der Waals surface area contributed by atoms with Crippen molar-refractivity contribution in [2.45, 2.75) is 0 Å². The Hall–Kier alpha value is -3.54.